The van der Waals surface area contributed by atoms with Crippen molar-refractivity contribution in [1.29, 1.82) is 0 Å². The van der Waals surface area contributed by atoms with Crippen molar-refractivity contribution in [2.45, 2.75) is 36.2 Å². The number of nitrogens with one attached hydrogen (secondary N) is 1. The molecule has 3 aromatic rings. The lowest BCUT2D eigenvalue weighted by atomic mass is 10.2. The van der Waals surface area contributed by atoms with Gasteiger partial charge in [0.1, 0.15) is 17.2 Å². The average molecular weight is 490 g/mol. The standard InChI is InChI=1S/C24H28FN3O5S/c1-24(2,3)33-23(29)28-11-9-27(10-12-28)20-14-17(6-8-21(20)32-4)34(30,31)22-15-26-19-7-5-16(25)13-18(19)22/h5-8,13-15,26H,9-12H2,1-4H3. The van der Waals surface area contributed by atoms with Crippen LogP contribution >= 0.6 is 0 Å². The number of halogens is 1. The highest BCUT2D eigenvalue weighted by molar-refractivity contribution is 7.91. The Morgan fingerprint density at radius 2 is 1.76 bits per heavy atom. The lowest BCUT2D eigenvalue weighted by molar-refractivity contribution is 0.0240. The fourth-order valence-corrected chi connectivity index (χ4v) is 5.40. The number of rotatable bonds is 4. The number of carbonyl (C=O) groups excluding carboxylic acids is 1. The van der Waals surface area contributed by atoms with Gasteiger partial charge >= 0.3 is 6.09 Å². The van der Waals surface area contributed by atoms with E-state index in [1.54, 1.807) is 17.0 Å². The molecule has 0 aliphatic carbocycles. The maximum Gasteiger partial charge on any atom is 0.410 e. The summed E-state index contributed by atoms with van der Waals surface area (Å²) in [5.41, 5.74) is 0.566. The van der Waals surface area contributed by atoms with Crippen LogP contribution in [0.4, 0.5) is 14.9 Å². The van der Waals surface area contributed by atoms with Gasteiger partial charge in [-0.2, -0.15) is 0 Å². The van der Waals surface area contributed by atoms with Gasteiger partial charge in [-0.15, -0.1) is 0 Å². The molecule has 34 heavy (non-hydrogen) atoms. The van der Waals surface area contributed by atoms with Crippen LogP contribution in [-0.4, -0.2) is 63.3 Å². The Balaban J connectivity index is 1.62. The average Bonchev–Trinajstić information content (AvgIpc) is 3.21. The number of amides is 1. The van der Waals surface area contributed by atoms with E-state index >= 15 is 0 Å². The molecule has 0 saturated carbocycles. The molecule has 1 amide bonds. The van der Waals surface area contributed by atoms with Crippen molar-refractivity contribution in [3.8, 4) is 5.75 Å². The Morgan fingerprint density at radius 1 is 1.06 bits per heavy atom. The van der Waals surface area contributed by atoms with Crippen LogP contribution in [0.5, 0.6) is 5.75 Å². The molecule has 4 rings (SSSR count). The minimum absolute atomic E-state index is 0.00728. The highest BCUT2D eigenvalue weighted by Crippen LogP contribution is 2.35. The van der Waals surface area contributed by atoms with Crippen molar-refractivity contribution in [3.63, 3.8) is 0 Å². The number of methoxy groups -OCH3 is 1. The first-order valence-electron chi connectivity index (χ1n) is 10.9. The molecule has 8 nitrogen and oxygen atoms in total. The number of aromatic amines is 1. The quantitative estimate of drug-likeness (QED) is 0.591. The Hall–Kier alpha value is -3.27. The third-order valence-corrected chi connectivity index (χ3v) is 7.42. The van der Waals surface area contributed by atoms with Gasteiger partial charge in [-0.25, -0.2) is 17.6 Å². The second kappa shape index (κ2) is 8.83. The topological polar surface area (TPSA) is 91.9 Å². The number of aromatic nitrogens is 1. The Labute approximate surface area is 198 Å². The first kappa shape index (κ1) is 23.9. The number of piperazine rings is 1. The van der Waals surface area contributed by atoms with Gasteiger partial charge in [0, 0.05) is 43.3 Å². The van der Waals surface area contributed by atoms with Crippen LogP contribution in [0.15, 0.2) is 52.4 Å². The molecule has 0 unspecified atom stereocenters. The van der Waals surface area contributed by atoms with Crippen LogP contribution in [0.1, 0.15) is 20.8 Å². The summed E-state index contributed by atoms with van der Waals surface area (Å²) in [5.74, 6) is 0.0106. The van der Waals surface area contributed by atoms with Crippen LogP contribution < -0.4 is 9.64 Å². The van der Waals surface area contributed by atoms with Gasteiger partial charge in [-0.1, -0.05) is 0 Å². The van der Waals surface area contributed by atoms with Crippen molar-refractivity contribution < 1.29 is 27.1 Å². The lowest BCUT2D eigenvalue weighted by Crippen LogP contribution is -2.50. The zero-order chi connectivity index (χ0) is 24.7. The van der Waals surface area contributed by atoms with Gasteiger partial charge < -0.3 is 24.3 Å². The first-order valence-corrected chi connectivity index (χ1v) is 12.4. The molecule has 10 heteroatoms. The van der Waals surface area contributed by atoms with E-state index in [2.05, 4.69) is 4.98 Å². The number of hydrogen-bond donors (Lipinski definition) is 1. The molecule has 2 aromatic carbocycles. The van der Waals surface area contributed by atoms with Crippen molar-refractivity contribution in [2.24, 2.45) is 0 Å². The molecule has 182 valence electrons. The molecular weight excluding hydrogens is 461 g/mol. The van der Waals surface area contributed by atoms with Crippen molar-refractivity contribution >= 4 is 32.5 Å². The third-order valence-electron chi connectivity index (χ3n) is 5.63. The predicted octanol–water partition coefficient (Wildman–Crippen LogP) is 4.21. The Kier molecular flexibility index (Phi) is 6.20. The van der Waals surface area contributed by atoms with Gasteiger partial charge in [0.05, 0.1) is 22.6 Å². The van der Waals surface area contributed by atoms with Crippen molar-refractivity contribution in [2.75, 3.05) is 38.2 Å². The fourth-order valence-electron chi connectivity index (χ4n) is 3.96. The van der Waals surface area contributed by atoms with Gasteiger partial charge in [0.25, 0.3) is 0 Å². The van der Waals surface area contributed by atoms with Gasteiger partial charge in [-0.3, -0.25) is 0 Å². The summed E-state index contributed by atoms with van der Waals surface area (Å²) in [6.07, 6.45) is 1.00. The number of H-pyrrole nitrogens is 1. The van der Waals surface area contributed by atoms with Gasteiger partial charge in [0.2, 0.25) is 9.84 Å². The molecule has 0 bridgehead atoms. The smallest absolute Gasteiger partial charge is 0.410 e. The van der Waals surface area contributed by atoms with E-state index in [9.17, 15) is 17.6 Å². The Morgan fingerprint density at radius 3 is 2.41 bits per heavy atom. The van der Waals surface area contributed by atoms with E-state index in [4.69, 9.17) is 9.47 Å². The fraction of sp³-hybridized carbons (Fsp3) is 0.375. The highest BCUT2D eigenvalue weighted by Gasteiger charge is 2.29. The molecule has 1 saturated heterocycles. The molecule has 1 aliphatic heterocycles. The molecule has 1 aromatic heterocycles. The molecule has 0 atom stereocenters. The number of anilines is 1. The maximum atomic E-state index is 13.8. The van der Waals surface area contributed by atoms with E-state index in [0.717, 1.165) is 0 Å². The van der Waals surface area contributed by atoms with Crippen LogP contribution in [-0.2, 0) is 14.6 Å². The monoisotopic (exact) mass is 489 g/mol. The van der Waals surface area contributed by atoms with Crippen LogP contribution in [0, 0.1) is 5.82 Å². The molecule has 0 spiro atoms. The van der Waals surface area contributed by atoms with E-state index < -0.39 is 21.3 Å². The van der Waals surface area contributed by atoms with E-state index in [1.807, 2.05) is 25.7 Å². The number of nitrogens with zero attached hydrogens (tertiary/aromatic N) is 2. The maximum absolute atomic E-state index is 13.8. The predicted molar refractivity (Wildman–Crippen MR) is 127 cm³/mol. The summed E-state index contributed by atoms with van der Waals surface area (Å²) in [4.78, 5) is 19.0. The number of ether oxygens (including phenoxy) is 2. The zero-order valence-corrected chi connectivity index (χ0v) is 20.4. The molecule has 2 heterocycles. The third kappa shape index (κ3) is 4.68. The van der Waals surface area contributed by atoms with E-state index in [-0.39, 0.29) is 15.9 Å². The minimum Gasteiger partial charge on any atom is -0.495 e. The summed E-state index contributed by atoms with van der Waals surface area (Å²) in [7, 11) is -2.41. The first-order chi connectivity index (χ1) is 16.0. The number of hydrogen-bond acceptors (Lipinski definition) is 6. The summed E-state index contributed by atoms with van der Waals surface area (Å²) in [6, 6.07) is 8.64. The zero-order valence-electron chi connectivity index (χ0n) is 19.6. The molecule has 1 N–H and O–H groups in total. The van der Waals surface area contributed by atoms with E-state index in [0.29, 0.717) is 48.5 Å². The molecule has 0 radical (unpaired) electrons. The van der Waals surface area contributed by atoms with Gasteiger partial charge in [-0.05, 0) is 57.2 Å². The van der Waals surface area contributed by atoms with Crippen molar-refractivity contribution in [1.82, 2.24) is 9.88 Å². The summed E-state index contributed by atoms with van der Waals surface area (Å²) >= 11 is 0. The summed E-state index contributed by atoms with van der Waals surface area (Å²) < 4.78 is 51.6. The molecule has 1 fully saturated rings. The second-order valence-electron chi connectivity index (χ2n) is 9.13. The Bertz CT molecular complexity index is 1320. The number of fused-ring (bicyclic) bond motifs is 1. The summed E-state index contributed by atoms with van der Waals surface area (Å²) in [6.45, 7) is 7.28. The molecule has 1 aliphatic rings. The number of benzene rings is 2. The normalized spacial score (nSPS) is 15.0. The van der Waals surface area contributed by atoms with Crippen LogP contribution in [0.25, 0.3) is 10.9 Å². The van der Waals surface area contributed by atoms with Crippen LogP contribution in [0.3, 0.4) is 0 Å². The summed E-state index contributed by atoms with van der Waals surface area (Å²) in [5, 5.41) is 0.295. The van der Waals surface area contributed by atoms with E-state index in [1.165, 1.54) is 37.6 Å². The largest absolute Gasteiger partial charge is 0.495 e. The second-order valence-corrected chi connectivity index (χ2v) is 11.1. The number of carbonyl (C=O) groups is 1. The van der Waals surface area contributed by atoms with Crippen molar-refractivity contribution in [3.05, 3.63) is 48.4 Å². The number of sulfone groups is 1. The molecular formula is C24H28FN3O5S. The minimum atomic E-state index is -3.93. The van der Waals surface area contributed by atoms with Gasteiger partial charge in [0.15, 0.2) is 0 Å². The highest BCUT2D eigenvalue weighted by atomic mass is 32.2. The lowest BCUT2D eigenvalue weighted by Gasteiger charge is -2.37. The SMILES string of the molecule is COc1ccc(S(=O)(=O)c2c[nH]c3ccc(F)cc23)cc1N1CCN(C(=O)OC(C)(C)C)CC1. The van der Waals surface area contributed by atoms with Crippen LogP contribution in [0.2, 0.25) is 0 Å².